The van der Waals surface area contributed by atoms with Crippen LogP contribution in [0.3, 0.4) is 0 Å². The maximum absolute atomic E-state index is 7.13. The monoisotopic (exact) mass is 282 g/mol. The SMILES string of the molecule is N=C(S)NCCc1ccc(CCNC(=N)S)cc1. The van der Waals surface area contributed by atoms with Crippen molar-refractivity contribution in [2.45, 2.75) is 12.8 Å². The molecule has 0 amide bonds. The van der Waals surface area contributed by atoms with E-state index in [9.17, 15) is 0 Å². The number of rotatable bonds is 6. The van der Waals surface area contributed by atoms with Crippen molar-refractivity contribution in [1.29, 1.82) is 10.8 Å². The molecule has 0 aromatic heterocycles. The second kappa shape index (κ2) is 8.05. The normalized spacial score (nSPS) is 9.89. The van der Waals surface area contributed by atoms with E-state index in [2.05, 4.69) is 60.2 Å². The van der Waals surface area contributed by atoms with Crippen LogP contribution in [0.2, 0.25) is 0 Å². The minimum absolute atomic E-state index is 0.201. The molecule has 18 heavy (non-hydrogen) atoms. The van der Waals surface area contributed by atoms with Gasteiger partial charge in [0, 0.05) is 13.1 Å². The van der Waals surface area contributed by atoms with Gasteiger partial charge in [0.2, 0.25) is 0 Å². The van der Waals surface area contributed by atoms with Crippen molar-refractivity contribution in [1.82, 2.24) is 10.6 Å². The minimum atomic E-state index is 0.201. The fourth-order valence-corrected chi connectivity index (χ4v) is 1.75. The highest BCUT2D eigenvalue weighted by Gasteiger charge is 1.96. The number of hydrogen-bond acceptors (Lipinski definition) is 2. The van der Waals surface area contributed by atoms with Crippen molar-refractivity contribution in [3.05, 3.63) is 35.4 Å². The molecule has 0 spiro atoms. The van der Waals surface area contributed by atoms with Gasteiger partial charge in [-0.25, -0.2) is 0 Å². The van der Waals surface area contributed by atoms with Crippen LogP contribution in [0.15, 0.2) is 24.3 Å². The molecule has 0 unspecified atom stereocenters. The highest BCUT2D eigenvalue weighted by atomic mass is 32.1. The van der Waals surface area contributed by atoms with E-state index in [4.69, 9.17) is 10.8 Å². The number of benzene rings is 1. The molecule has 1 aromatic rings. The molecule has 0 fully saturated rings. The lowest BCUT2D eigenvalue weighted by Gasteiger charge is -2.06. The summed E-state index contributed by atoms with van der Waals surface area (Å²) in [5.74, 6) is 0. The molecule has 0 aliphatic heterocycles. The van der Waals surface area contributed by atoms with Gasteiger partial charge in [-0.05, 0) is 24.0 Å². The first-order chi connectivity index (χ1) is 8.58. The van der Waals surface area contributed by atoms with Gasteiger partial charge in [-0.1, -0.05) is 24.3 Å². The second-order valence-electron chi connectivity index (χ2n) is 3.87. The first-order valence-electron chi connectivity index (χ1n) is 5.68. The summed E-state index contributed by atoms with van der Waals surface area (Å²) in [6, 6.07) is 8.35. The van der Waals surface area contributed by atoms with Gasteiger partial charge in [0.05, 0.1) is 0 Å². The van der Waals surface area contributed by atoms with Crippen LogP contribution in [0.1, 0.15) is 11.1 Å². The molecule has 0 aliphatic carbocycles. The van der Waals surface area contributed by atoms with Crippen molar-refractivity contribution in [2.24, 2.45) is 0 Å². The predicted octanol–water partition coefficient (Wildman–Crippen LogP) is 1.68. The molecule has 0 radical (unpaired) electrons. The molecular weight excluding hydrogens is 264 g/mol. The molecule has 4 N–H and O–H groups in total. The summed E-state index contributed by atoms with van der Waals surface area (Å²) >= 11 is 7.71. The molecule has 0 saturated heterocycles. The summed E-state index contributed by atoms with van der Waals surface area (Å²) in [5.41, 5.74) is 2.46. The van der Waals surface area contributed by atoms with E-state index in [1.54, 1.807) is 0 Å². The van der Waals surface area contributed by atoms with E-state index < -0.39 is 0 Å². The van der Waals surface area contributed by atoms with E-state index >= 15 is 0 Å². The van der Waals surface area contributed by atoms with Crippen LogP contribution in [0, 0.1) is 10.8 Å². The standard InChI is InChI=1S/C12H18N4S2/c13-11(17)15-7-5-9-1-2-10(4-3-9)6-8-16-12(14)18/h1-4H,5-8H2,(H3,13,15,17)(H3,14,16,18). The van der Waals surface area contributed by atoms with Crippen LogP contribution in [-0.4, -0.2) is 23.4 Å². The van der Waals surface area contributed by atoms with Crippen molar-refractivity contribution in [2.75, 3.05) is 13.1 Å². The number of nitrogens with one attached hydrogen (secondary N) is 4. The Morgan fingerprint density at radius 2 is 1.17 bits per heavy atom. The lowest BCUT2D eigenvalue weighted by atomic mass is 10.1. The zero-order valence-electron chi connectivity index (χ0n) is 10.0. The smallest absolute Gasteiger partial charge is 0.150 e. The molecule has 98 valence electrons. The van der Waals surface area contributed by atoms with E-state index in [0.29, 0.717) is 0 Å². The van der Waals surface area contributed by atoms with Gasteiger partial charge in [0.15, 0.2) is 10.3 Å². The molecule has 0 heterocycles. The van der Waals surface area contributed by atoms with E-state index in [-0.39, 0.29) is 10.3 Å². The topological polar surface area (TPSA) is 71.8 Å². The van der Waals surface area contributed by atoms with Gasteiger partial charge >= 0.3 is 0 Å². The zero-order valence-corrected chi connectivity index (χ0v) is 11.8. The molecule has 4 nitrogen and oxygen atoms in total. The Kier molecular flexibility index (Phi) is 6.67. The Morgan fingerprint density at radius 3 is 1.44 bits per heavy atom. The summed E-state index contributed by atoms with van der Waals surface area (Å²) in [7, 11) is 0. The molecule has 0 aliphatic rings. The predicted molar refractivity (Wildman–Crippen MR) is 83.3 cm³/mol. The highest BCUT2D eigenvalue weighted by Crippen LogP contribution is 2.05. The van der Waals surface area contributed by atoms with Crippen LogP contribution < -0.4 is 10.6 Å². The Bertz CT molecular complexity index is 364. The molecule has 1 rings (SSSR count). The Morgan fingerprint density at radius 1 is 0.833 bits per heavy atom. The van der Waals surface area contributed by atoms with Gasteiger partial charge in [-0.3, -0.25) is 10.8 Å². The highest BCUT2D eigenvalue weighted by molar-refractivity contribution is 7.96. The summed E-state index contributed by atoms with van der Waals surface area (Å²) in [6.45, 7) is 1.44. The third-order valence-electron chi connectivity index (χ3n) is 2.44. The van der Waals surface area contributed by atoms with Crippen LogP contribution in [0.25, 0.3) is 0 Å². The van der Waals surface area contributed by atoms with E-state index in [0.717, 1.165) is 25.9 Å². The Labute approximate surface area is 118 Å². The van der Waals surface area contributed by atoms with Crippen molar-refractivity contribution in [3.63, 3.8) is 0 Å². The van der Waals surface area contributed by atoms with Gasteiger partial charge in [0.1, 0.15) is 0 Å². The summed E-state index contributed by atoms with van der Waals surface area (Å²) in [6.07, 6.45) is 1.76. The molecule has 0 saturated carbocycles. The van der Waals surface area contributed by atoms with Gasteiger partial charge in [-0.15, -0.1) is 25.3 Å². The van der Waals surface area contributed by atoms with Crippen LogP contribution >= 0.6 is 25.3 Å². The molecular formula is C12H18N4S2. The summed E-state index contributed by atoms with van der Waals surface area (Å²) in [5, 5.41) is 20.4. The second-order valence-corrected chi connectivity index (χ2v) is 4.76. The fourth-order valence-electron chi connectivity index (χ4n) is 1.52. The van der Waals surface area contributed by atoms with E-state index in [1.165, 1.54) is 11.1 Å². The molecule has 0 atom stereocenters. The Hall–Kier alpha value is -1.14. The molecule has 0 bridgehead atoms. The van der Waals surface area contributed by atoms with Gasteiger partial charge in [0.25, 0.3) is 0 Å². The largest absolute Gasteiger partial charge is 0.365 e. The maximum Gasteiger partial charge on any atom is 0.150 e. The minimum Gasteiger partial charge on any atom is -0.365 e. The quantitative estimate of drug-likeness (QED) is 0.273. The van der Waals surface area contributed by atoms with Gasteiger partial charge < -0.3 is 10.6 Å². The van der Waals surface area contributed by atoms with Crippen LogP contribution in [-0.2, 0) is 12.8 Å². The van der Waals surface area contributed by atoms with Crippen molar-refractivity contribution in [3.8, 4) is 0 Å². The zero-order chi connectivity index (χ0) is 13.4. The third-order valence-corrected chi connectivity index (χ3v) is 2.75. The number of thiol groups is 2. The molecule has 6 heteroatoms. The Balaban J connectivity index is 2.33. The average Bonchev–Trinajstić information content (AvgIpc) is 2.30. The lowest BCUT2D eigenvalue weighted by Crippen LogP contribution is -2.20. The summed E-state index contributed by atoms with van der Waals surface area (Å²) in [4.78, 5) is 0. The van der Waals surface area contributed by atoms with Crippen LogP contribution in [0.5, 0.6) is 0 Å². The first-order valence-corrected chi connectivity index (χ1v) is 6.58. The maximum atomic E-state index is 7.13. The third kappa shape index (κ3) is 6.56. The lowest BCUT2D eigenvalue weighted by molar-refractivity contribution is 0.860. The number of hydrogen-bond donors (Lipinski definition) is 6. The fraction of sp³-hybridized carbons (Fsp3) is 0.333. The molecule has 1 aromatic carbocycles. The average molecular weight is 282 g/mol. The first kappa shape index (κ1) is 14.9. The number of amidine groups is 2. The van der Waals surface area contributed by atoms with Crippen molar-refractivity contribution < 1.29 is 0 Å². The summed E-state index contributed by atoms with van der Waals surface area (Å²) < 4.78 is 0. The van der Waals surface area contributed by atoms with Crippen LogP contribution in [0.4, 0.5) is 0 Å². The van der Waals surface area contributed by atoms with Gasteiger partial charge in [-0.2, -0.15) is 0 Å². The van der Waals surface area contributed by atoms with E-state index in [1.807, 2.05) is 0 Å². The van der Waals surface area contributed by atoms with Crippen molar-refractivity contribution >= 4 is 35.6 Å².